The van der Waals surface area contributed by atoms with Gasteiger partial charge in [0.25, 0.3) is 5.91 Å². The first kappa shape index (κ1) is 11.8. The molecule has 0 aromatic carbocycles. The van der Waals surface area contributed by atoms with E-state index in [2.05, 4.69) is 10.3 Å². The molecule has 1 atom stereocenters. The predicted octanol–water partition coefficient (Wildman–Crippen LogP) is -0.744. The summed E-state index contributed by atoms with van der Waals surface area (Å²) in [4.78, 5) is 25.1. The second kappa shape index (κ2) is 4.68. The molecular formula is C11H14N2O4. The highest BCUT2D eigenvalue weighted by molar-refractivity contribution is 5.92. The Morgan fingerprint density at radius 2 is 2.41 bits per heavy atom. The van der Waals surface area contributed by atoms with E-state index in [0.29, 0.717) is 13.0 Å². The number of rotatable bonds is 3. The maximum absolute atomic E-state index is 11.7. The molecular weight excluding hydrogens is 224 g/mol. The molecule has 0 radical (unpaired) electrons. The summed E-state index contributed by atoms with van der Waals surface area (Å²) in [6.07, 6.45) is 0.499. The maximum atomic E-state index is 11.7. The van der Waals surface area contributed by atoms with E-state index in [9.17, 15) is 14.7 Å². The van der Waals surface area contributed by atoms with Crippen molar-refractivity contribution in [3.8, 4) is 0 Å². The van der Waals surface area contributed by atoms with Gasteiger partial charge in [-0.05, 0) is 6.07 Å². The van der Waals surface area contributed by atoms with Crippen LogP contribution in [0.5, 0.6) is 0 Å². The van der Waals surface area contributed by atoms with Crippen LogP contribution < -0.4 is 10.9 Å². The first-order valence-electron chi connectivity index (χ1n) is 5.37. The van der Waals surface area contributed by atoms with E-state index in [1.807, 2.05) is 0 Å². The molecule has 0 bridgehead atoms. The van der Waals surface area contributed by atoms with Gasteiger partial charge in [-0.2, -0.15) is 0 Å². The van der Waals surface area contributed by atoms with Crippen LogP contribution in [0.1, 0.15) is 16.9 Å². The topological polar surface area (TPSA) is 91.4 Å². The number of hydrogen-bond donors (Lipinski definition) is 3. The van der Waals surface area contributed by atoms with E-state index in [-0.39, 0.29) is 24.4 Å². The van der Waals surface area contributed by atoms with Crippen molar-refractivity contribution in [1.82, 2.24) is 10.3 Å². The molecule has 1 aliphatic rings. The van der Waals surface area contributed by atoms with E-state index >= 15 is 0 Å². The summed E-state index contributed by atoms with van der Waals surface area (Å²) < 4.78 is 5.06. The fourth-order valence-corrected chi connectivity index (χ4v) is 1.66. The number of amides is 1. The van der Waals surface area contributed by atoms with Crippen LogP contribution >= 0.6 is 0 Å². The van der Waals surface area contributed by atoms with Gasteiger partial charge in [0.05, 0.1) is 6.61 Å². The molecule has 1 amide bonds. The van der Waals surface area contributed by atoms with Gasteiger partial charge in [-0.25, -0.2) is 0 Å². The SMILES string of the molecule is O=C(NCC1(O)CCOC1)c1cccc(=O)[nH]1. The summed E-state index contributed by atoms with van der Waals surface area (Å²) in [6, 6.07) is 4.34. The molecule has 2 rings (SSSR count). The Labute approximate surface area is 97.6 Å². The number of H-pyrrole nitrogens is 1. The average Bonchev–Trinajstić information content (AvgIpc) is 2.74. The highest BCUT2D eigenvalue weighted by Gasteiger charge is 2.32. The minimum atomic E-state index is -0.995. The highest BCUT2D eigenvalue weighted by atomic mass is 16.5. The summed E-state index contributed by atoms with van der Waals surface area (Å²) in [5.74, 6) is -0.414. The van der Waals surface area contributed by atoms with E-state index in [1.165, 1.54) is 18.2 Å². The summed E-state index contributed by atoms with van der Waals surface area (Å²) in [7, 11) is 0. The van der Waals surface area contributed by atoms with Crippen LogP contribution in [0.2, 0.25) is 0 Å². The van der Waals surface area contributed by atoms with Crippen LogP contribution in [-0.4, -0.2) is 41.4 Å². The van der Waals surface area contributed by atoms with Gasteiger partial charge >= 0.3 is 0 Å². The molecule has 1 fully saturated rings. The fraction of sp³-hybridized carbons (Fsp3) is 0.455. The molecule has 0 spiro atoms. The van der Waals surface area contributed by atoms with Crippen LogP contribution in [0, 0.1) is 0 Å². The lowest BCUT2D eigenvalue weighted by atomic mass is 10.0. The molecule has 1 aromatic heterocycles. The Morgan fingerprint density at radius 3 is 3.06 bits per heavy atom. The molecule has 92 valence electrons. The second-order valence-electron chi connectivity index (χ2n) is 4.14. The third-order valence-corrected chi connectivity index (χ3v) is 2.67. The van der Waals surface area contributed by atoms with E-state index < -0.39 is 11.5 Å². The summed E-state index contributed by atoms with van der Waals surface area (Å²) >= 11 is 0. The second-order valence-corrected chi connectivity index (χ2v) is 4.14. The number of hydrogen-bond acceptors (Lipinski definition) is 4. The van der Waals surface area contributed by atoms with Gasteiger partial charge in [0.1, 0.15) is 11.3 Å². The van der Waals surface area contributed by atoms with Crippen molar-refractivity contribution in [3.05, 3.63) is 34.2 Å². The monoisotopic (exact) mass is 238 g/mol. The van der Waals surface area contributed by atoms with E-state index in [4.69, 9.17) is 4.74 Å². The van der Waals surface area contributed by atoms with Gasteiger partial charge in [0.2, 0.25) is 5.56 Å². The van der Waals surface area contributed by atoms with Gasteiger partial charge < -0.3 is 20.1 Å². The number of aromatic amines is 1. The largest absolute Gasteiger partial charge is 0.386 e. The van der Waals surface area contributed by atoms with Gasteiger partial charge in [0, 0.05) is 25.6 Å². The average molecular weight is 238 g/mol. The molecule has 2 heterocycles. The number of pyridine rings is 1. The molecule has 1 aliphatic heterocycles. The lowest BCUT2D eigenvalue weighted by Crippen LogP contribution is -2.43. The lowest BCUT2D eigenvalue weighted by Gasteiger charge is -2.20. The molecule has 0 aliphatic carbocycles. The van der Waals surface area contributed by atoms with Crippen molar-refractivity contribution in [3.63, 3.8) is 0 Å². The minimum absolute atomic E-state index is 0.114. The zero-order valence-electron chi connectivity index (χ0n) is 9.23. The summed E-state index contributed by atoms with van der Waals surface area (Å²) in [6.45, 7) is 0.829. The molecule has 1 saturated heterocycles. The molecule has 0 saturated carbocycles. The van der Waals surface area contributed by atoms with Crippen LogP contribution in [-0.2, 0) is 4.74 Å². The molecule has 3 N–H and O–H groups in total. The summed E-state index contributed by atoms with van der Waals surface area (Å²) in [5.41, 5.74) is -1.15. The maximum Gasteiger partial charge on any atom is 0.267 e. The smallest absolute Gasteiger partial charge is 0.267 e. The Bertz CT molecular complexity index is 463. The Morgan fingerprint density at radius 1 is 1.59 bits per heavy atom. The van der Waals surface area contributed by atoms with Crippen molar-refractivity contribution in [1.29, 1.82) is 0 Å². The molecule has 6 nitrogen and oxygen atoms in total. The number of carbonyl (C=O) groups excluding carboxylic acids is 1. The quantitative estimate of drug-likeness (QED) is 0.646. The van der Waals surface area contributed by atoms with Crippen molar-refractivity contribution in [2.24, 2.45) is 0 Å². The van der Waals surface area contributed by atoms with Crippen LogP contribution in [0.15, 0.2) is 23.0 Å². The third kappa shape index (κ3) is 2.92. The first-order valence-corrected chi connectivity index (χ1v) is 5.37. The van der Waals surface area contributed by atoms with Crippen LogP contribution in [0.4, 0.5) is 0 Å². The van der Waals surface area contributed by atoms with Crippen LogP contribution in [0.25, 0.3) is 0 Å². The molecule has 1 unspecified atom stereocenters. The number of nitrogens with one attached hydrogen (secondary N) is 2. The predicted molar refractivity (Wildman–Crippen MR) is 59.8 cm³/mol. The van der Waals surface area contributed by atoms with Gasteiger partial charge in [-0.15, -0.1) is 0 Å². The van der Waals surface area contributed by atoms with Crippen molar-refractivity contribution < 1.29 is 14.6 Å². The zero-order valence-corrected chi connectivity index (χ0v) is 9.23. The number of aliphatic hydroxyl groups is 1. The molecule has 6 heteroatoms. The Balaban J connectivity index is 1.95. The van der Waals surface area contributed by atoms with Gasteiger partial charge in [0.15, 0.2) is 0 Å². The Kier molecular flexibility index (Phi) is 3.26. The fourth-order valence-electron chi connectivity index (χ4n) is 1.66. The van der Waals surface area contributed by atoms with Crippen molar-refractivity contribution >= 4 is 5.91 Å². The highest BCUT2D eigenvalue weighted by Crippen LogP contribution is 2.16. The summed E-state index contributed by atoms with van der Waals surface area (Å²) in [5, 5.41) is 12.5. The number of ether oxygens (including phenoxy) is 1. The van der Waals surface area contributed by atoms with Gasteiger partial charge in [-0.1, -0.05) is 6.07 Å². The zero-order chi connectivity index (χ0) is 12.3. The number of aromatic nitrogens is 1. The minimum Gasteiger partial charge on any atom is -0.386 e. The van der Waals surface area contributed by atoms with Crippen LogP contribution in [0.3, 0.4) is 0 Å². The van der Waals surface area contributed by atoms with Crippen molar-refractivity contribution in [2.45, 2.75) is 12.0 Å². The molecule has 1 aromatic rings. The van der Waals surface area contributed by atoms with E-state index in [0.717, 1.165) is 0 Å². The van der Waals surface area contributed by atoms with Gasteiger partial charge in [-0.3, -0.25) is 9.59 Å². The number of carbonyl (C=O) groups is 1. The third-order valence-electron chi connectivity index (χ3n) is 2.67. The normalized spacial score (nSPS) is 23.6. The first-order chi connectivity index (χ1) is 8.09. The van der Waals surface area contributed by atoms with E-state index in [1.54, 1.807) is 0 Å². The van der Waals surface area contributed by atoms with Crippen molar-refractivity contribution in [2.75, 3.05) is 19.8 Å². The lowest BCUT2D eigenvalue weighted by molar-refractivity contribution is 0.0264. The molecule has 17 heavy (non-hydrogen) atoms. The standard InChI is InChI=1S/C11H14N2O4/c14-9-3-1-2-8(13-9)10(15)12-6-11(16)4-5-17-7-11/h1-3,16H,4-7H2,(H,12,15)(H,13,14). The Hall–Kier alpha value is -1.66.